The minimum absolute atomic E-state index is 0.255. The van der Waals surface area contributed by atoms with Crippen LogP contribution in [0.15, 0.2) is 30.5 Å². The monoisotopic (exact) mass is 269 g/mol. The molecule has 3 nitrogen and oxygen atoms in total. The number of benzene rings is 1. The van der Waals surface area contributed by atoms with Crippen molar-refractivity contribution < 1.29 is 0 Å². The normalized spacial score (nSPS) is 16.6. The highest BCUT2D eigenvalue weighted by Gasteiger charge is 2.46. The molecular formula is C17H23N3. The first-order valence-corrected chi connectivity index (χ1v) is 7.45. The van der Waals surface area contributed by atoms with Gasteiger partial charge in [-0.2, -0.15) is 0 Å². The molecule has 1 heterocycles. The van der Waals surface area contributed by atoms with Crippen LogP contribution in [0.5, 0.6) is 0 Å². The average molecular weight is 269 g/mol. The molecule has 1 aliphatic carbocycles. The molecule has 0 unspecified atom stereocenters. The van der Waals surface area contributed by atoms with E-state index in [0.29, 0.717) is 5.92 Å². The van der Waals surface area contributed by atoms with Gasteiger partial charge in [-0.05, 0) is 36.9 Å². The maximum absolute atomic E-state index is 4.61. The fourth-order valence-electron chi connectivity index (χ4n) is 2.77. The highest BCUT2D eigenvalue weighted by Crippen LogP contribution is 2.46. The van der Waals surface area contributed by atoms with Gasteiger partial charge in [-0.3, -0.25) is 0 Å². The van der Waals surface area contributed by atoms with Crippen LogP contribution in [0.4, 0.5) is 0 Å². The van der Waals surface area contributed by atoms with Gasteiger partial charge in [0.1, 0.15) is 5.82 Å². The number of hydrogen-bond donors (Lipinski definition) is 2. The highest BCUT2D eigenvalue weighted by atomic mass is 15.0. The third kappa shape index (κ3) is 2.38. The third-order valence-electron chi connectivity index (χ3n) is 4.34. The van der Waals surface area contributed by atoms with Crippen molar-refractivity contribution in [1.29, 1.82) is 0 Å². The number of aromatic amines is 1. The Kier molecular flexibility index (Phi) is 3.38. The van der Waals surface area contributed by atoms with Gasteiger partial charge in [0.15, 0.2) is 0 Å². The number of imidazole rings is 1. The van der Waals surface area contributed by atoms with Crippen LogP contribution in [-0.4, -0.2) is 23.6 Å². The number of aromatic nitrogens is 2. The molecular weight excluding hydrogens is 246 g/mol. The third-order valence-corrected chi connectivity index (χ3v) is 4.34. The second-order valence-electron chi connectivity index (χ2n) is 6.23. The summed E-state index contributed by atoms with van der Waals surface area (Å²) in [6.07, 6.45) is 4.43. The molecule has 1 aliphatic rings. The molecule has 0 atom stereocenters. The predicted molar refractivity (Wildman–Crippen MR) is 83.0 cm³/mol. The number of nitrogens with one attached hydrogen (secondary N) is 2. The van der Waals surface area contributed by atoms with Crippen LogP contribution in [0.25, 0.3) is 11.3 Å². The lowest BCUT2D eigenvalue weighted by Crippen LogP contribution is -2.24. The highest BCUT2D eigenvalue weighted by molar-refractivity contribution is 5.59. The average Bonchev–Trinajstić information content (AvgIpc) is 3.06. The van der Waals surface area contributed by atoms with Gasteiger partial charge in [0.2, 0.25) is 0 Å². The number of H-pyrrole nitrogens is 1. The first kappa shape index (κ1) is 13.4. The van der Waals surface area contributed by atoms with Crippen LogP contribution in [0.3, 0.4) is 0 Å². The van der Waals surface area contributed by atoms with Gasteiger partial charge in [0.25, 0.3) is 0 Å². The molecule has 2 aromatic rings. The Morgan fingerprint density at radius 3 is 2.50 bits per heavy atom. The summed E-state index contributed by atoms with van der Waals surface area (Å²) in [7, 11) is 2.01. The molecule has 1 saturated carbocycles. The van der Waals surface area contributed by atoms with E-state index < -0.39 is 0 Å². The predicted octanol–water partition coefficient (Wildman–Crippen LogP) is 3.45. The summed E-state index contributed by atoms with van der Waals surface area (Å²) in [5.74, 6) is 1.71. The lowest BCUT2D eigenvalue weighted by molar-refractivity contribution is 0.594. The van der Waals surface area contributed by atoms with Crippen molar-refractivity contribution in [1.82, 2.24) is 15.3 Å². The number of nitrogens with zero attached hydrogens (tertiary/aromatic N) is 1. The van der Waals surface area contributed by atoms with E-state index in [-0.39, 0.29) is 5.41 Å². The van der Waals surface area contributed by atoms with Crippen molar-refractivity contribution in [3.8, 4) is 11.3 Å². The van der Waals surface area contributed by atoms with E-state index in [4.69, 9.17) is 0 Å². The van der Waals surface area contributed by atoms with Gasteiger partial charge in [0, 0.05) is 12.0 Å². The van der Waals surface area contributed by atoms with Crippen molar-refractivity contribution >= 4 is 0 Å². The van der Waals surface area contributed by atoms with Crippen molar-refractivity contribution in [3.63, 3.8) is 0 Å². The maximum Gasteiger partial charge on any atom is 0.114 e. The lowest BCUT2D eigenvalue weighted by atomic mass is 10.0. The van der Waals surface area contributed by atoms with E-state index in [1.165, 1.54) is 24.0 Å². The Morgan fingerprint density at radius 1 is 1.25 bits per heavy atom. The summed E-state index contributed by atoms with van der Waals surface area (Å²) in [5.41, 5.74) is 3.97. The molecule has 3 heteroatoms. The summed E-state index contributed by atoms with van der Waals surface area (Å²) in [4.78, 5) is 8.12. The summed E-state index contributed by atoms with van der Waals surface area (Å²) < 4.78 is 0. The van der Waals surface area contributed by atoms with Crippen molar-refractivity contribution in [3.05, 3.63) is 41.9 Å². The maximum atomic E-state index is 4.61. The molecule has 0 spiro atoms. The smallest absolute Gasteiger partial charge is 0.114 e. The second-order valence-corrected chi connectivity index (χ2v) is 6.23. The standard InChI is InChI=1S/C17H23N3/c1-12(2)13-4-6-14(7-5-13)15-10-19-16(20-15)17(8-9-17)11-18-3/h4-7,10,12,18H,8-9,11H2,1-3H3,(H,19,20). The van der Waals surface area contributed by atoms with Crippen LogP contribution in [-0.2, 0) is 5.41 Å². The van der Waals surface area contributed by atoms with Crippen LogP contribution in [0.2, 0.25) is 0 Å². The fourth-order valence-corrected chi connectivity index (χ4v) is 2.77. The van der Waals surface area contributed by atoms with Crippen molar-refractivity contribution in [2.75, 3.05) is 13.6 Å². The van der Waals surface area contributed by atoms with E-state index in [2.05, 4.69) is 53.4 Å². The summed E-state index contributed by atoms with van der Waals surface area (Å²) in [6.45, 7) is 5.45. The fraction of sp³-hybridized carbons (Fsp3) is 0.471. The van der Waals surface area contributed by atoms with Crippen LogP contribution in [0, 0.1) is 0 Å². The quantitative estimate of drug-likeness (QED) is 0.873. The van der Waals surface area contributed by atoms with Crippen LogP contribution >= 0.6 is 0 Å². The number of hydrogen-bond acceptors (Lipinski definition) is 2. The zero-order valence-electron chi connectivity index (χ0n) is 12.5. The molecule has 3 rings (SSSR count). The molecule has 0 bridgehead atoms. The van der Waals surface area contributed by atoms with E-state index >= 15 is 0 Å². The summed E-state index contributed by atoms with van der Waals surface area (Å²) in [5, 5.41) is 3.28. The minimum Gasteiger partial charge on any atom is -0.342 e. The number of likely N-dealkylation sites (N-methyl/N-ethyl adjacent to an activating group) is 1. The van der Waals surface area contributed by atoms with Gasteiger partial charge in [0.05, 0.1) is 11.9 Å². The van der Waals surface area contributed by atoms with Crippen LogP contribution in [0.1, 0.15) is 44.0 Å². The molecule has 0 radical (unpaired) electrons. The molecule has 20 heavy (non-hydrogen) atoms. The Labute approximate surface area is 120 Å². The van der Waals surface area contributed by atoms with Gasteiger partial charge in [-0.15, -0.1) is 0 Å². The van der Waals surface area contributed by atoms with E-state index in [1.54, 1.807) is 0 Å². The molecule has 0 aliphatic heterocycles. The Morgan fingerprint density at radius 2 is 1.95 bits per heavy atom. The van der Waals surface area contributed by atoms with Gasteiger partial charge < -0.3 is 10.3 Å². The zero-order chi connectivity index (χ0) is 14.2. The Balaban J connectivity index is 1.83. The SMILES string of the molecule is CNCC1(c2ncc(-c3ccc(C(C)C)cc3)[nH]2)CC1. The second kappa shape index (κ2) is 5.06. The molecule has 1 fully saturated rings. The molecule has 1 aromatic heterocycles. The topological polar surface area (TPSA) is 40.7 Å². The molecule has 1 aromatic carbocycles. The molecule has 2 N–H and O–H groups in total. The molecule has 0 saturated heterocycles. The van der Waals surface area contributed by atoms with E-state index in [0.717, 1.165) is 18.1 Å². The first-order chi connectivity index (χ1) is 9.64. The van der Waals surface area contributed by atoms with E-state index in [9.17, 15) is 0 Å². The summed E-state index contributed by atoms with van der Waals surface area (Å²) in [6, 6.07) is 8.79. The first-order valence-electron chi connectivity index (χ1n) is 7.45. The molecule has 0 amide bonds. The minimum atomic E-state index is 0.255. The van der Waals surface area contributed by atoms with Gasteiger partial charge >= 0.3 is 0 Å². The van der Waals surface area contributed by atoms with Gasteiger partial charge in [-0.1, -0.05) is 38.1 Å². The van der Waals surface area contributed by atoms with E-state index in [1.807, 2.05) is 13.2 Å². The molecule has 106 valence electrons. The largest absolute Gasteiger partial charge is 0.342 e. The zero-order valence-corrected chi connectivity index (χ0v) is 12.5. The summed E-state index contributed by atoms with van der Waals surface area (Å²) >= 11 is 0. The van der Waals surface area contributed by atoms with Gasteiger partial charge in [-0.25, -0.2) is 4.98 Å². The van der Waals surface area contributed by atoms with Crippen molar-refractivity contribution in [2.45, 2.75) is 38.0 Å². The number of rotatable bonds is 5. The van der Waals surface area contributed by atoms with Crippen molar-refractivity contribution in [2.24, 2.45) is 0 Å². The van der Waals surface area contributed by atoms with Crippen LogP contribution < -0.4 is 5.32 Å². The Bertz CT molecular complexity index is 577. The lowest BCUT2D eigenvalue weighted by Gasteiger charge is -2.11. The Hall–Kier alpha value is -1.61.